The molecular weight excluding hydrogens is 260 g/mol. The Kier molecular flexibility index (Phi) is 4.35. The number of hydrogen-bond acceptors (Lipinski definition) is 4. The lowest BCUT2D eigenvalue weighted by Crippen LogP contribution is -2.24. The van der Waals surface area contributed by atoms with Crippen LogP contribution in [0.1, 0.15) is 10.6 Å². The summed E-state index contributed by atoms with van der Waals surface area (Å²) in [4.78, 5) is 16.6. The van der Waals surface area contributed by atoms with Crippen LogP contribution in [0.15, 0.2) is 29.8 Å². The van der Waals surface area contributed by atoms with E-state index in [0.717, 1.165) is 23.6 Å². The Morgan fingerprint density at radius 2 is 1.95 bits per heavy atom. The van der Waals surface area contributed by atoms with Gasteiger partial charge >= 0.3 is 6.03 Å². The molecule has 100 valence electrons. The summed E-state index contributed by atoms with van der Waals surface area (Å²) in [6, 6.07) is 7.36. The van der Waals surface area contributed by atoms with Gasteiger partial charge in [0.05, 0.1) is 17.7 Å². The quantitative estimate of drug-likeness (QED) is 0.804. The van der Waals surface area contributed by atoms with Crippen molar-refractivity contribution in [1.82, 2.24) is 10.3 Å². The van der Waals surface area contributed by atoms with Crippen molar-refractivity contribution in [1.29, 1.82) is 0 Å². The van der Waals surface area contributed by atoms with Gasteiger partial charge in [-0.1, -0.05) is 0 Å². The summed E-state index contributed by atoms with van der Waals surface area (Å²) in [5.41, 5.74) is 4.69. The van der Waals surface area contributed by atoms with Gasteiger partial charge in [-0.15, -0.1) is 11.3 Å². The molecule has 1 heterocycles. The van der Waals surface area contributed by atoms with E-state index < -0.39 is 0 Å². The molecule has 19 heavy (non-hydrogen) atoms. The highest BCUT2D eigenvalue weighted by Crippen LogP contribution is 2.17. The van der Waals surface area contributed by atoms with Gasteiger partial charge < -0.3 is 16.0 Å². The second kappa shape index (κ2) is 6.19. The number of carbonyl (C=O) groups is 1. The second-order valence-corrected chi connectivity index (χ2v) is 4.94. The number of rotatable bonds is 4. The molecule has 2 aromatic rings. The van der Waals surface area contributed by atoms with Crippen molar-refractivity contribution >= 4 is 28.7 Å². The number of anilines is 2. The molecule has 0 aliphatic rings. The second-order valence-electron chi connectivity index (χ2n) is 4.00. The molecule has 0 spiro atoms. The van der Waals surface area contributed by atoms with Gasteiger partial charge in [-0.05, 0) is 31.2 Å². The van der Waals surface area contributed by atoms with Crippen molar-refractivity contribution in [2.45, 2.75) is 13.5 Å². The number of amides is 2. The van der Waals surface area contributed by atoms with Gasteiger partial charge in [-0.25, -0.2) is 9.78 Å². The number of thiazole rings is 1. The first-order valence-electron chi connectivity index (χ1n) is 5.90. The topological polar surface area (TPSA) is 66.1 Å². The average Bonchev–Trinajstić information content (AvgIpc) is 2.83. The normalized spacial score (nSPS) is 10.0. The number of hydrogen-bond donors (Lipinski definition) is 3. The van der Waals surface area contributed by atoms with E-state index in [1.54, 1.807) is 18.4 Å². The highest BCUT2D eigenvalue weighted by Gasteiger charge is 2.02. The fourth-order valence-corrected chi connectivity index (χ4v) is 2.26. The molecule has 0 aliphatic carbocycles. The van der Waals surface area contributed by atoms with Crippen molar-refractivity contribution in [2.75, 3.05) is 17.7 Å². The highest BCUT2D eigenvalue weighted by molar-refractivity contribution is 7.09. The average molecular weight is 276 g/mol. The smallest absolute Gasteiger partial charge is 0.318 e. The molecule has 6 heteroatoms. The lowest BCUT2D eigenvalue weighted by atomic mass is 10.2. The van der Waals surface area contributed by atoms with E-state index in [4.69, 9.17) is 0 Å². The van der Waals surface area contributed by atoms with Gasteiger partial charge in [0.15, 0.2) is 0 Å². The first kappa shape index (κ1) is 13.4. The minimum Gasteiger partial charge on any atom is -0.380 e. The molecule has 0 radical (unpaired) electrons. The molecule has 0 saturated heterocycles. The minimum atomic E-state index is -0.221. The molecule has 0 fully saturated rings. The van der Waals surface area contributed by atoms with E-state index in [-0.39, 0.29) is 6.03 Å². The van der Waals surface area contributed by atoms with Crippen molar-refractivity contribution in [3.63, 3.8) is 0 Å². The SMILES string of the molecule is CNC(=O)Nc1ccc(NCc2scnc2C)cc1. The largest absolute Gasteiger partial charge is 0.380 e. The third-order valence-corrected chi connectivity index (χ3v) is 3.60. The fourth-order valence-electron chi connectivity index (χ4n) is 1.54. The molecule has 3 N–H and O–H groups in total. The van der Waals surface area contributed by atoms with E-state index in [1.807, 2.05) is 36.7 Å². The van der Waals surface area contributed by atoms with E-state index >= 15 is 0 Å². The molecule has 0 saturated carbocycles. The zero-order valence-electron chi connectivity index (χ0n) is 10.9. The number of aryl methyl sites for hydroxylation is 1. The Morgan fingerprint density at radius 3 is 2.53 bits per heavy atom. The Hall–Kier alpha value is -2.08. The van der Waals surface area contributed by atoms with Crippen LogP contribution in [-0.2, 0) is 6.54 Å². The maximum Gasteiger partial charge on any atom is 0.318 e. The molecule has 2 amide bonds. The van der Waals surface area contributed by atoms with Gasteiger partial charge in [0.1, 0.15) is 0 Å². The van der Waals surface area contributed by atoms with Crippen LogP contribution < -0.4 is 16.0 Å². The predicted octanol–water partition coefficient (Wildman–Crippen LogP) is 2.81. The van der Waals surface area contributed by atoms with Gasteiger partial charge in [-0.3, -0.25) is 0 Å². The zero-order chi connectivity index (χ0) is 13.7. The maximum absolute atomic E-state index is 11.1. The number of carbonyl (C=O) groups excluding carboxylic acids is 1. The van der Waals surface area contributed by atoms with Gasteiger partial charge in [-0.2, -0.15) is 0 Å². The van der Waals surface area contributed by atoms with Crippen LogP contribution in [0.5, 0.6) is 0 Å². The third kappa shape index (κ3) is 3.69. The van der Waals surface area contributed by atoms with Crippen molar-refractivity contribution in [2.24, 2.45) is 0 Å². The Labute approximate surface area is 116 Å². The number of nitrogens with zero attached hydrogens (tertiary/aromatic N) is 1. The monoisotopic (exact) mass is 276 g/mol. The summed E-state index contributed by atoms with van der Waals surface area (Å²) in [5.74, 6) is 0. The number of urea groups is 1. The number of benzene rings is 1. The minimum absolute atomic E-state index is 0.221. The molecule has 1 aromatic heterocycles. The van der Waals surface area contributed by atoms with Crippen molar-refractivity contribution in [3.8, 4) is 0 Å². The highest BCUT2D eigenvalue weighted by atomic mass is 32.1. The Balaban J connectivity index is 1.92. The lowest BCUT2D eigenvalue weighted by Gasteiger charge is -2.08. The first-order chi connectivity index (χ1) is 9.19. The summed E-state index contributed by atoms with van der Waals surface area (Å²) in [7, 11) is 1.59. The van der Waals surface area contributed by atoms with Crippen LogP contribution in [0.25, 0.3) is 0 Å². The van der Waals surface area contributed by atoms with Gasteiger partial charge in [0, 0.05) is 23.3 Å². The molecule has 1 aromatic carbocycles. The van der Waals surface area contributed by atoms with Crippen LogP contribution >= 0.6 is 11.3 Å². The number of nitrogens with one attached hydrogen (secondary N) is 3. The number of aromatic nitrogens is 1. The summed E-state index contributed by atoms with van der Waals surface area (Å²) in [6.45, 7) is 2.77. The summed E-state index contributed by atoms with van der Waals surface area (Å²) in [6.07, 6.45) is 0. The Morgan fingerprint density at radius 1 is 1.26 bits per heavy atom. The standard InChI is InChI=1S/C13H16N4OS/c1-9-12(19-8-16-9)7-15-10-3-5-11(6-4-10)17-13(18)14-2/h3-6,8,15H,7H2,1-2H3,(H2,14,17,18). The van der Waals surface area contributed by atoms with Crippen molar-refractivity contribution < 1.29 is 4.79 Å². The van der Waals surface area contributed by atoms with Gasteiger partial charge in [0.2, 0.25) is 0 Å². The molecule has 0 unspecified atom stereocenters. The molecule has 0 aliphatic heterocycles. The van der Waals surface area contributed by atoms with Crippen LogP contribution in [0.3, 0.4) is 0 Å². The summed E-state index contributed by atoms with van der Waals surface area (Å²) < 4.78 is 0. The van der Waals surface area contributed by atoms with Crippen LogP contribution in [0.4, 0.5) is 16.2 Å². The lowest BCUT2D eigenvalue weighted by molar-refractivity contribution is 0.254. The zero-order valence-corrected chi connectivity index (χ0v) is 11.7. The third-order valence-electron chi connectivity index (χ3n) is 2.67. The molecule has 5 nitrogen and oxygen atoms in total. The Bertz CT molecular complexity index is 550. The van der Waals surface area contributed by atoms with Crippen LogP contribution in [0.2, 0.25) is 0 Å². The van der Waals surface area contributed by atoms with Crippen LogP contribution in [-0.4, -0.2) is 18.1 Å². The molecular formula is C13H16N4OS. The fraction of sp³-hybridized carbons (Fsp3) is 0.231. The summed E-state index contributed by atoms with van der Waals surface area (Å²) in [5, 5.41) is 8.54. The van der Waals surface area contributed by atoms with E-state index in [2.05, 4.69) is 20.9 Å². The molecule has 2 rings (SSSR count). The van der Waals surface area contributed by atoms with E-state index in [1.165, 1.54) is 4.88 Å². The first-order valence-corrected chi connectivity index (χ1v) is 6.78. The van der Waals surface area contributed by atoms with Crippen LogP contribution in [0, 0.1) is 6.92 Å². The molecule has 0 atom stereocenters. The maximum atomic E-state index is 11.1. The van der Waals surface area contributed by atoms with E-state index in [0.29, 0.717) is 0 Å². The van der Waals surface area contributed by atoms with Crippen molar-refractivity contribution in [3.05, 3.63) is 40.3 Å². The predicted molar refractivity (Wildman–Crippen MR) is 78.7 cm³/mol. The van der Waals surface area contributed by atoms with Gasteiger partial charge in [0.25, 0.3) is 0 Å². The summed E-state index contributed by atoms with van der Waals surface area (Å²) >= 11 is 1.64. The van der Waals surface area contributed by atoms with E-state index in [9.17, 15) is 4.79 Å². The molecule has 0 bridgehead atoms.